The van der Waals surface area contributed by atoms with Gasteiger partial charge in [-0.25, -0.2) is 0 Å². The molecule has 0 unspecified atom stereocenters. The van der Waals surface area contributed by atoms with Crippen LogP contribution >= 0.6 is 0 Å². The molecule has 0 aliphatic carbocycles. The first-order valence-electron chi connectivity index (χ1n) is 5.17. The molecule has 0 fully saturated rings. The van der Waals surface area contributed by atoms with Crippen molar-refractivity contribution in [1.29, 1.82) is 0 Å². The normalized spacial score (nSPS) is 11.0. The number of benzene rings is 1. The molecule has 0 atom stereocenters. The van der Waals surface area contributed by atoms with Crippen molar-refractivity contribution in [2.24, 2.45) is 0 Å². The van der Waals surface area contributed by atoms with Crippen molar-refractivity contribution in [3.05, 3.63) is 59.4 Å². The van der Waals surface area contributed by atoms with Crippen molar-refractivity contribution >= 4 is 0 Å². The molecule has 0 spiro atoms. The molecule has 1 rings (SSSR count). The fourth-order valence-electron chi connectivity index (χ4n) is 1.10. The highest BCUT2D eigenvalue weighted by Gasteiger charge is 1.91. The highest BCUT2D eigenvalue weighted by atomic mass is 16.5. The summed E-state index contributed by atoms with van der Waals surface area (Å²) in [5.41, 5.74) is 2.47. The van der Waals surface area contributed by atoms with E-state index in [0.29, 0.717) is 6.61 Å². The Bertz CT molecular complexity index is 343. The first-order chi connectivity index (χ1) is 7.18. The number of rotatable bonds is 4. The van der Waals surface area contributed by atoms with Gasteiger partial charge in [-0.05, 0) is 32.4 Å². The Morgan fingerprint density at radius 3 is 2.33 bits per heavy atom. The van der Waals surface area contributed by atoms with Crippen LogP contribution in [0, 0.1) is 0 Å². The molecule has 1 heteroatoms. The van der Waals surface area contributed by atoms with Gasteiger partial charge in [0.15, 0.2) is 0 Å². The van der Waals surface area contributed by atoms with Gasteiger partial charge in [-0.15, -0.1) is 0 Å². The summed E-state index contributed by atoms with van der Waals surface area (Å²) in [6.07, 6.45) is 4.05. The molecule has 1 nitrogen and oxygen atoms in total. The molecule has 0 aliphatic rings. The SMILES string of the molecule is CC(C)=C/C=C(\C)OCc1ccccc1. The Hall–Kier alpha value is -1.50. The van der Waals surface area contributed by atoms with Crippen molar-refractivity contribution in [1.82, 2.24) is 0 Å². The summed E-state index contributed by atoms with van der Waals surface area (Å²) in [7, 11) is 0. The third-order valence-electron chi connectivity index (χ3n) is 1.96. The molecule has 0 aliphatic heterocycles. The lowest BCUT2D eigenvalue weighted by molar-refractivity contribution is 0.201. The van der Waals surface area contributed by atoms with Gasteiger partial charge in [-0.1, -0.05) is 42.0 Å². The predicted molar refractivity (Wildman–Crippen MR) is 64.4 cm³/mol. The van der Waals surface area contributed by atoms with E-state index in [9.17, 15) is 0 Å². The summed E-state index contributed by atoms with van der Waals surface area (Å²) in [5, 5.41) is 0. The molecular formula is C14H18O. The molecule has 0 amide bonds. The maximum Gasteiger partial charge on any atom is 0.113 e. The van der Waals surface area contributed by atoms with Crippen LogP contribution in [0.5, 0.6) is 0 Å². The molecule has 1 aromatic carbocycles. The van der Waals surface area contributed by atoms with Crippen LogP contribution in [-0.2, 0) is 11.3 Å². The average molecular weight is 202 g/mol. The van der Waals surface area contributed by atoms with Gasteiger partial charge in [-0.2, -0.15) is 0 Å². The summed E-state index contributed by atoms with van der Waals surface area (Å²) in [4.78, 5) is 0. The van der Waals surface area contributed by atoms with Crippen LogP contribution in [0.1, 0.15) is 26.3 Å². The smallest absolute Gasteiger partial charge is 0.113 e. The Kier molecular flexibility index (Phi) is 4.69. The van der Waals surface area contributed by atoms with Crippen molar-refractivity contribution in [3.8, 4) is 0 Å². The van der Waals surface area contributed by atoms with Gasteiger partial charge >= 0.3 is 0 Å². The van der Waals surface area contributed by atoms with Crippen LogP contribution in [0.25, 0.3) is 0 Å². The molecule has 1 aromatic rings. The van der Waals surface area contributed by atoms with E-state index in [1.807, 2.05) is 31.2 Å². The van der Waals surface area contributed by atoms with Crippen molar-refractivity contribution < 1.29 is 4.74 Å². The van der Waals surface area contributed by atoms with E-state index >= 15 is 0 Å². The molecule has 15 heavy (non-hydrogen) atoms. The quantitative estimate of drug-likeness (QED) is 0.528. The molecule has 0 saturated heterocycles. The summed E-state index contributed by atoms with van der Waals surface area (Å²) < 4.78 is 5.59. The average Bonchev–Trinajstić information content (AvgIpc) is 2.25. The fourth-order valence-corrected chi connectivity index (χ4v) is 1.10. The monoisotopic (exact) mass is 202 g/mol. The Balaban J connectivity index is 2.44. The summed E-state index contributed by atoms with van der Waals surface area (Å²) in [5.74, 6) is 0.944. The standard InChI is InChI=1S/C14H18O/c1-12(2)9-10-13(3)15-11-14-7-5-4-6-8-14/h4-10H,11H2,1-3H3/b13-10+. The van der Waals surface area contributed by atoms with Crippen LogP contribution in [-0.4, -0.2) is 0 Å². The topological polar surface area (TPSA) is 9.23 Å². The van der Waals surface area contributed by atoms with Gasteiger partial charge < -0.3 is 4.74 Å². The zero-order chi connectivity index (χ0) is 11.1. The molecule has 0 bridgehead atoms. The van der Waals surface area contributed by atoms with E-state index in [2.05, 4.69) is 32.1 Å². The first-order valence-corrected chi connectivity index (χ1v) is 5.17. The molecule has 0 aromatic heterocycles. The number of allylic oxidation sites excluding steroid dienone is 4. The molecular weight excluding hydrogens is 184 g/mol. The van der Waals surface area contributed by atoms with E-state index in [1.54, 1.807) is 0 Å². The molecule has 0 heterocycles. The summed E-state index contributed by atoms with van der Waals surface area (Å²) in [6, 6.07) is 10.2. The van der Waals surface area contributed by atoms with Crippen molar-refractivity contribution in [2.75, 3.05) is 0 Å². The lowest BCUT2D eigenvalue weighted by atomic mass is 10.2. The molecule has 80 valence electrons. The third kappa shape index (κ3) is 5.06. The van der Waals surface area contributed by atoms with Gasteiger partial charge in [-0.3, -0.25) is 0 Å². The van der Waals surface area contributed by atoms with E-state index in [0.717, 1.165) is 5.76 Å². The number of hydrogen-bond acceptors (Lipinski definition) is 1. The Morgan fingerprint density at radius 2 is 1.73 bits per heavy atom. The maximum atomic E-state index is 5.59. The fraction of sp³-hybridized carbons (Fsp3) is 0.286. The summed E-state index contributed by atoms with van der Waals surface area (Å²) in [6.45, 7) is 6.75. The van der Waals surface area contributed by atoms with Crippen LogP contribution in [0.3, 0.4) is 0 Å². The second-order valence-electron chi connectivity index (χ2n) is 3.80. The largest absolute Gasteiger partial charge is 0.494 e. The number of hydrogen-bond donors (Lipinski definition) is 0. The Labute approximate surface area is 92.1 Å². The van der Waals surface area contributed by atoms with E-state index in [4.69, 9.17) is 4.74 Å². The summed E-state index contributed by atoms with van der Waals surface area (Å²) >= 11 is 0. The van der Waals surface area contributed by atoms with Gasteiger partial charge in [0.05, 0.1) is 5.76 Å². The third-order valence-corrected chi connectivity index (χ3v) is 1.96. The second-order valence-corrected chi connectivity index (χ2v) is 3.80. The van der Waals surface area contributed by atoms with Crippen LogP contribution in [0.4, 0.5) is 0 Å². The van der Waals surface area contributed by atoms with Crippen molar-refractivity contribution in [2.45, 2.75) is 27.4 Å². The number of ether oxygens (including phenoxy) is 1. The molecule has 0 saturated carbocycles. The van der Waals surface area contributed by atoms with Gasteiger partial charge in [0.1, 0.15) is 6.61 Å². The van der Waals surface area contributed by atoms with Gasteiger partial charge in [0.25, 0.3) is 0 Å². The van der Waals surface area contributed by atoms with E-state index in [1.165, 1.54) is 11.1 Å². The zero-order valence-corrected chi connectivity index (χ0v) is 9.66. The zero-order valence-electron chi connectivity index (χ0n) is 9.66. The molecule has 0 N–H and O–H groups in total. The molecule has 0 radical (unpaired) electrons. The first kappa shape index (κ1) is 11.6. The van der Waals surface area contributed by atoms with Crippen molar-refractivity contribution in [3.63, 3.8) is 0 Å². The second kappa shape index (κ2) is 6.07. The van der Waals surface area contributed by atoms with Crippen LogP contribution < -0.4 is 0 Å². The van der Waals surface area contributed by atoms with E-state index in [-0.39, 0.29) is 0 Å². The highest BCUT2D eigenvalue weighted by molar-refractivity contribution is 5.15. The van der Waals surface area contributed by atoms with Gasteiger partial charge in [0.2, 0.25) is 0 Å². The Morgan fingerprint density at radius 1 is 1.07 bits per heavy atom. The lowest BCUT2D eigenvalue weighted by Crippen LogP contribution is -1.89. The van der Waals surface area contributed by atoms with Crippen LogP contribution in [0.2, 0.25) is 0 Å². The van der Waals surface area contributed by atoms with Crippen LogP contribution in [0.15, 0.2) is 53.8 Å². The minimum atomic E-state index is 0.639. The highest BCUT2D eigenvalue weighted by Crippen LogP contribution is 2.05. The van der Waals surface area contributed by atoms with Gasteiger partial charge in [0, 0.05) is 0 Å². The van der Waals surface area contributed by atoms with E-state index < -0.39 is 0 Å². The minimum absolute atomic E-state index is 0.639. The predicted octanol–water partition coefficient (Wildman–Crippen LogP) is 4.07. The lowest BCUT2D eigenvalue weighted by Gasteiger charge is -2.05. The maximum absolute atomic E-state index is 5.59. The minimum Gasteiger partial charge on any atom is -0.494 e.